The van der Waals surface area contributed by atoms with E-state index >= 15 is 0 Å². The first kappa shape index (κ1) is 13.6. The fourth-order valence-electron chi connectivity index (χ4n) is 2.55. The molecule has 1 amide bonds. The third-order valence-corrected chi connectivity index (χ3v) is 4.33. The van der Waals surface area contributed by atoms with Gasteiger partial charge in [-0.3, -0.25) is 4.79 Å². The van der Waals surface area contributed by atoms with Gasteiger partial charge in [-0.15, -0.1) is 0 Å². The van der Waals surface area contributed by atoms with E-state index in [1.54, 1.807) is 18.4 Å². The summed E-state index contributed by atoms with van der Waals surface area (Å²) in [7, 11) is 1.69. The molecule has 3 nitrogen and oxygen atoms in total. The molecule has 0 saturated heterocycles. The molecular weight excluding hydrogens is 246 g/mol. The van der Waals surface area contributed by atoms with Crippen molar-refractivity contribution in [2.75, 3.05) is 13.7 Å². The van der Waals surface area contributed by atoms with Crippen molar-refractivity contribution in [2.24, 2.45) is 5.92 Å². The number of amides is 1. The molecule has 1 unspecified atom stereocenters. The van der Waals surface area contributed by atoms with Gasteiger partial charge in [0, 0.05) is 20.1 Å². The summed E-state index contributed by atoms with van der Waals surface area (Å²) in [5.74, 6) is 0.770. The van der Waals surface area contributed by atoms with E-state index < -0.39 is 0 Å². The lowest BCUT2D eigenvalue weighted by molar-refractivity contribution is -0.122. The quantitative estimate of drug-likeness (QED) is 0.860. The third-order valence-electron chi connectivity index (χ3n) is 3.63. The molecule has 1 fully saturated rings. The Labute approximate surface area is 113 Å². The van der Waals surface area contributed by atoms with E-state index in [0.717, 1.165) is 5.56 Å². The number of thiophene rings is 1. The Morgan fingerprint density at radius 1 is 1.56 bits per heavy atom. The Balaban J connectivity index is 1.74. The van der Waals surface area contributed by atoms with Crippen LogP contribution in [0.2, 0.25) is 0 Å². The van der Waals surface area contributed by atoms with Crippen LogP contribution in [0, 0.1) is 5.92 Å². The van der Waals surface area contributed by atoms with Crippen molar-refractivity contribution >= 4 is 17.2 Å². The minimum absolute atomic E-state index is 0.0243. The van der Waals surface area contributed by atoms with Gasteiger partial charge in [0.05, 0.1) is 0 Å². The van der Waals surface area contributed by atoms with Crippen molar-refractivity contribution in [3.05, 3.63) is 22.4 Å². The van der Waals surface area contributed by atoms with Gasteiger partial charge in [-0.2, -0.15) is 11.3 Å². The lowest BCUT2D eigenvalue weighted by atomic mass is 10.0. The Bertz CT molecular complexity index is 358. The Morgan fingerprint density at radius 2 is 2.33 bits per heavy atom. The molecule has 1 heterocycles. The van der Waals surface area contributed by atoms with E-state index in [4.69, 9.17) is 4.74 Å². The average molecular weight is 267 g/mol. The molecule has 1 aliphatic rings. The van der Waals surface area contributed by atoms with E-state index in [0.29, 0.717) is 18.9 Å². The number of rotatable bonds is 6. The number of methoxy groups -OCH3 is 1. The highest BCUT2D eigenvalue weighted by Gasteiger charge is 2.19. The largest absolute Gasteiger partial charge is 0.375 e. The van der Waals surface area contributed by atoms with Crippen molar-refractivity contribution in [3.63, 3.8) is 0 Å². The smallest absolute Gasteiger partial charge is 0.220 e. The average Bonchev–Trinajstić information content (AvgIpc) is 3.02. The van der Waals surface area contributed by atoms with Gasteiger partial charge in [-0.25, -0.2) is 0 Å². The molecular formula is C14H21NO2S. The van der Waals surface area contributed by atoms with Crippen LogP contribution in [-0.2, 0) is 9.53 Å². The maximum absolute atomic E-state index is 11.8. The first-order valence-electron chi connectivity index (χ1n) is 6.61. The van der Waals surface area contributed by atoms with E-state index in [2.05, 4.69) is 10.7 Å². The molecule has 1 N–H and O–H groups in total. The zero-order valence-electron chi connectivity index (χ0n) is 10.9. The fraction of sp³-hybridized carbons (Fsp3) is 0.643. The Kier molecular flexibility index (Phi) is 5.20. The van der Waals surface area contributed by atoms with Crippen molar-refractivity contribution in [2.45, 2.75) is 38.2 Å². The maximum Gasteiger partial charge on any atom is 0.220 e. The van der Waals surface area contributed by atoms with Crippen LogP contribution in [0.3, 0.4) is 0 Å². The standard InChI is InChI=1S/C14H21NO2S/c1-17-13(12-6-7-18-10-12)9-15-14(16)8-11-4-2-3-5-11/h6-7,10-11,13H,2-5,8-9H2,1H3,(H,15,16). The molecule has 18 heavy (non-hydrogen) atoms. The van der Waals surface area contributed by atoms with Gasteiger partial charge >= 0.3 is 0 Å². The summed E-state index contributed by atoms with van der Waals surface area (Å²) < 4.78 is 5.41. The molecule has 1 atom stereocenters. The number of nitrogens with one attached hydrogen (secondary N) is 1. The molecule has 0 spiro atoms. The summed E-state index contributed by atoms with van der Waals surface area (Å²) in [6.07, 6.45) is 5.65. The maximum atomic E-state index is 11.8. The van der Waals surface area contributed by atoms with Gasteiger partial charge in [0.15, 0.2) is 0 Å². The summed E-state index contributed by atoms with van der Waals surface area (Å²) in [5.41, 5.74) is 1.14. The molecule has 1 saturated carbocycles. The number of hydrogen-bond acceptors (Lipinski definition) is 3. The number of carbonyl (C=O) groups is 1. The molecule has 0 aliphatic heterocycles. The van der Waals surface area contributed by atoms with Crippen LogP contribution in [0.4, 0.5) is 0 Å². The molecule has 0 aromatic carbocycles. The molecule has 100 valence electrons. The van der Waals surface area contributed by atoms with Crippen LogP contribution in [0.5, 0.6) is 0 Å². The molecule has 1 aromatic heterocycles. The van der Waals surface area contributed by atoms with Crippen LogP contribution in [0.15, 0.2) is 16.8 Å². The second kappa shape index (κ2) is 6.90. The lowest BCUT2D eigenvalue weighted by Crippen LogP contribution is -2.30. The van der Waals surface area contributed by atoms with Gasteiger partial charge in [-0.05, 0) is 41.1 Å². The first-order valence-corrected chi connectivity index (χ1v) is 7.55. The second-order valence-corrected chi connectivity index (χ2v) is 5.72. The normalized spacial score (nSPS) is 17.8. The SMILES string of the molecule is COC(CNC(=O)CC1CCCC1)c1ccsc1. The van der Waals surface area contributed by atoms with E-state index in [9.17, 15) is 4.79 Å². The van der Waals surface area contributed by atoms with Crippen molar-refractivity contribution in [1.29, 1.82) is 0 Å². The summed E-state index contributed by atoms with van der Waals surface area (Å²) in [6, 6.07) is 2.04. The molecule has 0 bridgehead atoms. The van der Waals surface area contributed by atoms with Gasteiger partial charge in [-0.1, -0.05) is 12.8 Å². The van der Waals surface area contributed by atoms with E-state index in [-0.39, 0.29) is 12.0 Å². The van der Waals surface area contributed by atoms with Crippen molar-refractivity contribution in [1.82, 2.24) is 5.32 Å². The minimum atomic E-state index is -0.0243. The van der Waals surface area contributed by atoms with E-state index in [1.165, 1.54) is 25.7 Å². The van der Waals surface area contributed by atoms with Crippen LogP contribution >= 0.6 is 11.3 Å². The predicted molar refractivity (Wildman–Crippen MR) is 73.7 cm³/mol. The van der Waals surface area contributed by atoms with Crippen molar-refractivity contribution in [3.8, 4) is 0 Å². The highest BCUT2D eigenvalue weighted by molar-refractivity contribution is 7.07. The fourth-order valence-corrected chi connectivity index (χ4v) is 3.25. The monoisotopic (exact) mass is 267 g/mol. The van der Waals surface area contributed by atoms with Crippen molar-refractivity contribution < 1.29 is 9.53 Å². The highest BCUT2D eigenvalue weighted by atomic mass is 32.1. The molecule has 1 aromatic rings. The lowest BCUT2D eigenvalue weighted by Gasteiger charge is -2.16. The van der Waals surface area contributed by atoms with Gasteiger partial charge < -0.3 is 10.1 Å². The Morgan fingerprint density at radius 3 is 2.94 bits per heavy atom. The van der Waals surface area contributed by atoms with Gasteiger partial charge in [0.1, 0.15) is 6.10 Å². The molecule has 4 heteroatoms. The Hall–Kier alpha value is -0.870. The number of hydrogen-bond donors (Lipinski definition) is 1. The zero-order chi connectivity index (χ0) is 12.8. The topological polar surface area (TPSA) is 38.3 Å². The van der Waals surface area contributed by atoms with Crippen LogP contribution in [0.1, 0.15) is 43.8 Å². The summed E-state index contributed by atoms with van der Waals surface area (Å²) in [6.45, 7) is 0.568. The molecule has 0 radical (unpaired) electrons. The minimum Gasteiger partial charge on any atom is -0.375 e. The van der Waals surface area contributed by atoms with E-state index in [1.807, 2.05) is 11.4 Å². The summed E-state index contributed by atoms with van der Waals surface area (Å²) in [5, 5.41) is 7.09. The summed E-state index contributed by atoms with van der Waals surface area (Å²) >= 11 is 1.65. The number of ether oxygens (including phenoxy) is 1. The highest BCUT2D eigenvalue weighted by Crippen LogP contribution is 2.27. The van der Waals surface area contributed by atoms with Crippen LogP contribution in [0.25, 0.3) is 0 Å². The van der Waals surface area contributed by atoms with Crippen LogP contribution in [-0.4, -0.2) is 19.6 Å². The van der Waals surface area contributed by atoms with Gasteiger partial charge in [0.25, 0.3) is 0 Å². The summed E-state index contributed by atoms with van der Waals surface area (Å²) in [4.78, 5) is 11.8. The zero-order valence-corrected chi connectivity index (χ0v) is 11.7. The predicted octanol–water partition coefficient (Wildman–Crippen LogP) is 3.13. The molecule has 1 aliphatic carbocycles. The first-order chi connectivity index (χ1) is 8.79. The third kappa shape index (κ3) is 3.82. The molecule has 2 rings (SSSR count). The second-order valence-electron chi connectivity index (χ2n) is 4.94. The van der Waals surface area contributed by atoms with Crippen LogP contribution < -0.4 is 5.32 Å². The number of carbonyl (C=O) groups excluding carboxylic acids is 1. The van der Waals surface area contributed by atoms with Gasteiger partial charge in [0.2, 0.25) is 5.91 Å².